The zero-order valence-corrected chi connectivity index (χ0v) is 9.46. The Kier molecular flexibility index (Phi) is 3.16. The van der Waals surface area contributed by atoms with Crippen molar-refractivity contribution in [1.82, 2.24) is 0 Å². The lowest BCUT2D eigenvalue weighted by atomic mass is 10.4. The second-order valence-electron chi connectivity index (χ2n) is 3.56. The zero-order chi connectivity index (χ0) is 7.65. The second kappa shape index (κ2) is 3.02. The normalized spacial score (nSPS) is 11.3. The van der Waals surface area contributed by atoms with Crippen LogP contribution in [0.3, 0.4) is 0 Å². The molecule has 0 radical (unpaired) electrons. The molecule has 0 aromatic carbocycles. The van der Waals surface area contributed by atoms with Crippen LogP contribution in [0, 0.1) is 0 Å². The Labute approximate surface area is 67.5 Å². The minimum Gasteiger partial charge on any atom is -0.0704 e. The SMILES string of the molecule is CC(C)=C(Br)[Si](C)(C)C. The molecule has 0 bridgehead atoms. The fourth-order valence-electron chi connectivity index (χ4n) is 0.750. The highest BCUT2D eigenvalue weighted by Crippen LogP contribution is 2.23. The maximum atomic E-state index is 3.60. The minimum absolute atomic E-state index is 1.03. The molecule has 0 unspecified atom stereocenters. The fourth-order valence-corrected chi connectivity index (χ4v) is 2.25. The van der Waals surface area contributed by atoms with Gasteiger partial charge in [-0.15, -0.1) is 0 Å². The third kappa shape index (κ3) is 3.21. The summed E-state index contributed by atoms with van der Waals surface area (Å²) in [6.07, 6.45) is 0. The van der Waals surface area contributed by atoms with Gasteiger partial charge in [0.05, 0.1) is 8.07 Å². The van der Waals surface area contributed by atoms with Crippen molar-refractivity contribution in [2.24, 2.45) is 0 Å². The molecule has 0 fully saturated rings. The number of hydrogen-bond donors (Lipinski definition) is 0. The van der Waals surface area contributed by atoms with E-state index >= 15 is 0 Å². The molecule has 54 valence electrons. The molecule has 0 aromatic heterocycles. The summed E-state index contributed by atoms with van der Waals surface area (Å²) in [4.78, 5) is 0. The van der Waals surface area contributed by atoms with Crippen LogP contribution in [0.25, 0.3) is 0 Å². The Morgan fingerprint density at radius 3 is 1.44 bits per heavy atom. The second-order valence-corrected chi connectivity index (χ2v) is 10.1. The van der Waals surface area contributed by atoms with Crippen LogP contribution in [0.1, 0.15) is 13.8 Å². The van der Waals surface area contributed by atoms with Crippen LogP contribution < -0.4 is 0 Å². The molecule has 0 saturated carbocycles. The summed E-state index contributed by atoms with van der Waals surface area (Å²) in [5.74, 6) is 0. The number of allylic oxidation sites excluding steroid dienone is 1. The van der Waals surface area contributed by atoms with Gasteiger partial charge in [0, 0.05) is 0 Å². The molecule has 0 aliphatic carbocycles. The van der Waals surface area contributed by atoms with Gasteiger partial charge in [-0.1, -0.05) is 41.1 Å². The van der Waals surface area contributed by atoms with Crippen LogP contribution >= 0.6 is 15.9 Å². The summed E-state index contributed by atoms with van der Waals surface area (Å²) >= 11 is 3.60. The van der Waals surface area contributed by atoms with Crippen molar-refractivity contribution in [3.05, 3.63) is 9.68 Å². The quantitative estimate of drug-likeness (QED) is 0.577. The monoisotopic (exact) mass is 206 g/mol. The third-order valence-electron chi connectivity index (χ3n) is 1.10. The standard InChI is InChI=1S/C7H15BrSi/c1-6(2)7(8)9(3,4)5/h1-5H3. The first kappa shape index (κ1) is 9.44. The first-order valence-electron chi connectivity index (χ1n) is 3.19. The van der Waals surface area contributed by atoms with Crippen molar-refractivity contribution in [2.75, 3.05) is 0 Å². The molecule has 0 rings (SSSR count). The van der Waals surface area contributed by atoms with Crippen molar-refractivity contribution in [3.8, 4) is 0 Å². The fraction of sp³-hybridized carbons (Fsp3) is 0.714. The summed E-state index contributed by atoms with van der Waals surface area (Å²) in [7, 11) is -1.03. The number of rotatable bonds is 1. The van der Waals surface area contributed by atoms with Crippen molar-refractivity contribution < 1.29 is 0 Å². The molecular weight excluding hydrogens is 192 g/mol. The lowest BCUT2D eigenvalue weighted by molar-refractivity contribution is 1.39. The Hall–Kier alpha value is 0.437. The molecular formula is C7H15BrSi. The van der Waals surface area contributed by atoms with Crippen molar-refractivity contribution in [1.29, 1.82) is 0 Å². The predicted molar refractivity (Wildman–Crippen MR) is 50.6 cm³/mol. The summed E-state index contributed by atoms with van der Waals surface area (Å²) in [6.45, 7) is 11.3. The predicted octanol–water partition coefficient (Wildman–Crippen LogP) is 3.55. The Bertz CT molecular complexity index is 126. The highest BCUT2D eigenvalue weighted by molar-refractivity contribution is 9.12. The zero-order valence-electron chi connectivity index (χ0n) is 6.88. The van der Waals surface area contributed by atoms with Crippen LogP contribution in [-0.4, -0.2) is 8.07 Å². The molecule has 0 aliphatic heterocycles. The lowest BCUT2D eigenvalue weighted by Crippen LogP contribution is -2.21. The molecule has 0 N–H and O–H groups in total. The van der Waals surface area contributed by atoms with Gasteiger partial charge >= 0.3 is 0 Å². The van der Waals surface area contributed by atoms with E-state index in [2.05, 4.69) is 49.4 Å². The van der Waals surface area contributed by atoms with Crippen LogP contribution in [0.5, 0.6) is 0 Å². The highest BCUT2D eigenvalue weighted by atomic mass is 79.9. The molecule has 0 nitrogen and oxygen atoms in total. The van der Waals surface area contributed by atoms with Gasteiger partial charge in [-0.25, -0.2) is 0 Å². The molecule has 9 heavy (non-hydrogen) atoms. The smallest absolute Gasteiger partial charge is 0.0704 e. The number of hydrogen-bond acceptors (Lipinski definition) is 0. The van der Waals surface area contributed by atoms with E-state index in [0.29, 0.717) is 0 Å². The molecule has 0 amide bonds. The van der Waals surface area contributed by atoms with Gasteiger partial charge in [-0.3, -0.25) is 0 Å². The Morgan fingerprint density at radius 2 is 1.44 bits per heavy atom. The molecule has 0 aliphatic rings. The van der Waals surface area contributed by atoms with Crippen LogP contribution in [0.15, 0.2) is 9.68 Å². The molecule has 0 atom stereocenters. The molecule has 0 aromatic rings. The average molecular weight is 207 g/mol. The highest BCUT2D eigenvalue weighted by Gasteiger charge is 2.17. The van der Waals surface area contributed by atoms with E-state index in [9.17, 15) is 0 Å². The van der Waals surface area contributed by atoms with Crippen molar-refractivity contribution >= 4 is 24.0 Å². The van der Waals surface area contributed by atoms with E-state index in [1.165, 1.54) is 9.68 Å². The number of halogens is 1. The maximum absolute atomic E-state index is 3.60. The van der Waals surface area contributed by atoms with Gasteiger partial charge in [0.15, 0.2) is 0 Å². The first-order chi connectivity index (χ1) is 3.85. The van der Waals surface area contributed by atoms with Gasteiger partial charge in [-0.05, 0) is 18.0 Å². The molecule has 0 heterocycles. The topological polar surface area (TPSA) is 0 Å². The average Bonchev–Trinajstić information content (AvgIpc) is 1.62. The van der Waals surface area contributed by atoms with Crippen LogP contribution in [0.4, 0.5) is 0 Å². The van der Waals surface area contributed by atoms with Gasteiger partial charge in [0.25, 0.3) is 0 Å². The minimum atomic E-state index is -1.03. The van der Waals surface area contributed by atoms with Gasteiger partial charge < -0.3 is 0 Å². The van der Waals surface area contributed by atoms with Crippen LogP contribution in [-0.2, 0) is 0 Å². The summed E-state index contributed by atoms with van der Waals surface area (Å²) in [5.41, 5.74) is 1.43. The summed E-state index contributed by atoms with van der Waals surface area (Å²) in [5, 5.41) is 0. The van der Waals surface area contributed by atoms with Gasteiger partial charge in [0.2, 0.25) is 0 Å². The Morgan fingerprint density at radius 1 is 1.11 bits per heavy atom. The van der Waals surface area contributed by atoms with E-state index in [0.717, 1.165) is 0 Å². The lowest BCUT2D eigenvalue weighted by Gasteiger charge is -2.16. The van der Waals surface area contributed by atoms with E-state index in [1.54, 1.807) is 0 Å². The van der Waals surface area contributed by atoms with E-state index in [4.69, 9.17) is 0 Å². The summed E-state index contributed by atoms with van der Waals surface area (Å²) in [6, 6.07) is 0. The van der Waals surface area contributed by atoms with Crippen molar-refractivity contribution in [3.63, 3.8) is 0 Å². The summed E-state index contributed by atoms with van der Waals surface area (Å²) < 4.78 is 1.45. The molecule has 2 heteroatoms. The maximum Gasteiger partial charge on any atom is 0.0864 e. The largest absolute Gasteiger partial charge is 0.0864 e. The van der Waals surface area contributed by atoms with Gasteiger partial charge in [-0.2, -0.15) is 0 Å². The molecule has 0 saturated heterocycles. The van der Waals surface area contributed by atoms with E-state index < -0.39 is 8.07 Å². The first-order valence-corrected chi connectivity index (χ1v) is 7.48. The van der Waals surface area contributed by atoms with Gasteiger partial charge in [0.1, 0.15) is 0 Å². The van der Waals surface area contributed by atoms with E-state index in [-0.39, 0.29) is 0 Å². The van der Waals surface area contributed by atoms with Crippen LogP contribution in [0.2, 0.25) is 19.6 Å². The third-order valence-corrected chi connectivity index (χ3v) is 7.28. The molecule has 0 spiro atoms. The van der Waals surface area contributed by atoms with E-state index in [1.807, 2.05) is 0 Å². The Balaban J connectivity index is 4.40. The van der Waals surface area contributed by atoms with Crippen molar-refractivity contribution in [2.45, 2.75) is 33.5 Å².